The summed E-state index contributed by atoms with van der Waals surface area (Å²) in [6, 6.07) is 18.5. The molecule has 0 aliphatic rings. The molecule has 0 amide bonds. The number of fused-ring (bicyclic) bond motifs is 7. The van der Waals surface area contributed by atoms with Crippen molar-refractivity contribution in [3.8, 4) is 0 Å². The predicted molar refractivity (Wildman–Crippen MR) is 91.6 cm³/mol. The summed E-state index contributed by atoms with van der Waals surface area (Å²) in [5.41, 5.74) is 1.87. The van der Waals surface area contributed by atoms with Gasteiger partial charge in [0.25, 0.3) is 0 Å². The van der Waals surface area contributed by atoms with E-state index < -0.39 is 0 Å². The fourth-order valence-electron chi connectivity index (χ4n) is 3.07. The number of halogens is 1. The fourth-order valence-corrected chi connectivity index (χ4v) is 4.48. The van der Waals surface area contributed by atoms with Gasteiger partial charge in [0.2, 0.25) is 0 Å². The minimum absolute atomic E-state index is 0.814. The van der Waals surface area contributed by atoms with Crippen LogP contribution in [0, 0.1) is 0 Å². The van der Waals surface area contributed by atoms with Gasteiger partial charge in [0.15, 0.2) is 0 Å². The number of thiophene rings is 1. The maximum atomic E-state index is 6.36. The third-order valence-corrected chi connectivity index (χ3v) is 5.58. The molecular weight excluding hydrogens is 300 g/mol. The summed E-state index contributed by atoms with van der Waals surface area (Å²) in [5, 5.41) is 5.63. The van der Waals surface area contributed by atoms with Gasteiger partial charge in [0, 0.05) is 26.2 Å². The van der Waals surface area contributed by atoms with Crippen LogP contribution in [0.3, 0.4) is 0 Å². The molecule has 1 nitrogen and oxygen atoms in total. The zero-order valence-electron chi connectivity index (χ0n) is 10.9. The number of hydrogen-bond acceptors (Lipinski definition) is 2. The largest absolute Gasteiger partial charge is 0.456 e. The van der Waals surface area contributed by atoms with Crippen molar-refractivity contribution >= 4 is 65.0 Å². The first-order valence-electron chi connectivity index (χ1n) is 6.74. The van der Waals surface area contributed by atoms with Crippen molar-refractivity contribution in [2.75, 3.05) is 0 Å². The molecule has 5 aromatic rings. The third-order valence-electron chi connectivity index (χ3n) is 3.95. The van der Waals surface area contributed by atoms with Crippen LogP contribution in [0.15, 0.2) is 59.0 Å². The van der Waals surface area contributed by atoms with Gasteiger partial charge < -0.3 is 4.42 Å². The van der Waals surface area contributed by atoms with Gasteiger partial charge in [-0.2, -0.15) is 0 Å². The molecule has 0 fully saturated rings. The lowest BCUT2D eigenvalue weighted by atomic mass is 10.1. The molecule has 0 bridgehead atoms. The molecule has 3 heteroatoms. The van der Waals surface area contributed by atoms with E-state index >= 15 is 0 Å². The van der Waals surface area contributed by atoms with Crippen LogP contribution in [-0.4, -0.2) is 0 Å². The summed E-state index contributed by atoms with van der Waals surface area (Å²) in [6.45, 7) is 0. The van der Waals surface area contributed by atoms with Gasteiger partial charge in [-0.15, -0.1) is 11.3 Å². The van der Waals surface area contributed by atoms with Gasteiger partial charge in [-0.3, -0.25) is 0 Å². The number of hydrogen-bond donors (Lipinski definition) is 0. The summed E-state index contributed by atoms with van der Waals surface area (Å²) in [5.74, 6) is 0. The Hall–Kier alpha value is -2.03. The van der Waals surface area contributed by atoms with E-state index in [1.54, 1.807) is 11.3 Å². The summed E-state index contributed by atoms with van der Waals surface area (Å²) in [7, 11) is 0. The van der Waals surface area contributed by atoms with Crippen molar-refractivity contribution in [2.24, 2.45) is 0 Å². The lowest BCUT2D eigenvalue weighted by Crippen LogP contribution is -1.70. The monoisotopic (exact) mass is 308 g/mol. The number of furan rings is 1. The number of rotatable bonds is 0. The summed E-state index contributed by atoms with van der Waals surface area (Å²) in [6.07, 6.45) is 0. The fraction of sp³-hybridized carbons (Fsp3) is 0. The lowest BCUT2D eigenvalue weighted by Gasteiger charge is -1.95. The van der Waals surface area contributed by atoms with Gasteiger partial charge in [-0.1, -0.05) is 41.9 Å². The Labute approximate surface area is 129 Å². The molecule has 0 saturated heterocycles. The number of benzene rings is 3. The van der Waals surface area contributed by atoms with E-state index in [-0.39, 0.29) is 0 Å². The van der Waals surface area contributed by atoms with Crippen LogP contribution in [0.2, 0.25) is 5.02 Å². The first-order valence-corrected chi connectivity index (χ1v) is 7.93. The van der Waals surface area contributed by atoms with Gasteiger partial charge in [0.05, 0.1) is 9.72 Å². The average Bonchev–Trinajstić information content (AvgIpc) is 3.05. The summed E-state index contributed by atoms with van der Waals surface area (Å²) >= 11 is 8.10. The highest BCUT2D eigenvalue weighted by Gasteiger charge is 2.15. The highest BCUT2D eigenvalue weighted by Crippen LogP contribution is 2.43. The zero-order chi connectivity index (χ0) is 14.0. The van der Waals surface area contributed by atoms with Crippen LogP contribution in [0.4, 0.5) is 0 Å². The summed E-state index contributed by atoms with van der Waals surface area (Å²) < 4.78 is 8.37. The molecule has 2 aromatic heterocycles. The minimum Gasteiger partial charge on any atom is -0.456 e. The number of para-hydroxylation sites is 1. The molecule has 0 spiro atoms. The Balaban J connectivity index is 2.17. The topological polar surface area (TPSA) is 13.1 Å². The van der Waals surface area contributed by atoms with Gasteiger partial charge in [0.1, 0.15) is 11.2 Å². The first kappa shape index (κ1) is 11.6. The van der Waals surface area contributed by atoms with Crippen LogP contribution in [0.1, 0.15) is 0 Å². The van der Waals surface area contributed by atoms with Crippen LogP contribution >= 0.6 is 22.9 Å². The van der Waals surface area contributed by atoms with E-state index in [2.05, 4.69) is 30.3 Å². The van der Waals surface area contributed by atoms with Crippen molar-refractivity contribution < 1.29 is 4.42 Å². The van der Waals surface area contributed by atoms with Gasteiger partial charge in [-0.05, 0) is 24.3 Å². The Morgan fingerprint density at radius 3 is 2.57 bits per heavy atom. The van der Waals surface area contributed by atoms with E-state index in [1.165, 1.54) is 20.9 Å². The molecule has 0 atom stereocenters. The third kappa shape index (κ3) is 1.46. The van der Waals surface area contributed by atoms with Gasteiger partial charge in [-0.25, -0.2) is 0 Å². The van der Waals surface area contributed by atoms with Crippen molar-refractivity contribution in [1.29, 1.82) is 0 Å². The second-order valence-corrected chi connectivity index (χ2v) is 6.59. The molecular formula is C18H9ClOS. The van der Waals surface area contributed by atoms with Crippen molar-refractivity contribution in [3.63, 3.8) is 0 Å². The highest BCUT2D eigenvalue weighted by molar-refractivity contribution is 7.26. The van der Waals surface area contributed by atoms with E-state index in [0.717, 1.165) is 26.3 Å². The van der Waals surface area contributed by atoms with Crippen LogP contribution in [-0.2, 0) is 0 Å². The van der Waals surface area contributed by atoms with E-state index in [1.807, 2.05) is 24.3 Å². The average molecular weight is 309 g/mol. The Morgan fingerprint density at radius 2 is 1.62 bits per heavy atom. The Kier molecular flexibility index (Phi) is 2.21. The van der Waals surface area contributed by atoms with Crippen LogP contribution in [0.5, 0.6) is 0 Å². The van der Waals surface area contributed by atoms with Gasteiger partial charge >= 0.3 is 0 Å². The minimum atomic E-state index is 0.814. The van der Waals surface area contributed by atoms with Crippen LogP contribution < -0.4 is 0 Å². The second-order valence-electron chi connectivity index (χ2n) is 5.13. The Morgan fingerprint density at radius 1 is 0.762 bits per heavy atom. The molecule has 100 valence electrons. The Bertz CT molecular complexity index is 1150. The maximum Gasteiger partial charge on any atom is 0.136 e. The van der Waals surface area contributed by atoms with Crippen molar-refractivity contribution in [1.82, 2.24) is 0 Å². The lowest BCUT2D eigenvalue weighted by molar-refractivity contribution is 0.669. The standard InChI is InChI=1S/C18H9ClOS/c19-12-6-3-5-11-17-15(21-18(11)12)9-8-14-16(17)10-4-1-2-7-13(10)20-14/h1-9H. The molecule has 0 saturated carbocycles. The highest BCUT2D eigenvalue weighted by atomic mass is 35.5. The molecule has 0 radical (unpaired) electrons. The quantitative estimate of drug-likeness (QED) is 0.314. The van der Waals surface area contributed by atoms with E-state index in [0.29, 0.717) is 0 Å². The smallest absolute Gasteiger partial charge is 0.136 e. The first-order chi connectivity index (χ1) is 10.3. The molecule has 0 N–H and O–H groups in total. The summed E-state index contributed by atoms with van der Waals surface area (Å²) in [4.78, 5) is 0. The normalized spacial score (nSPS) is 12.0. The molecule has 3 aromatic carbocycles. The van der Waals surface area contributed by atoms with E-state index in [9.17, 15) is 0 Å². The molecule has 2 heterocycles. The molecule has 21 heavy (non-hydrogen) atoms. The zero-order valence-corrected chi connectivity index (χ0v) is 12.5. The van der Waals surface area contributed by atoms with Crippen molar-refractivity contribution in [3.05, 3.63) is 59.6 Å². The van der Waals surface area contributed by atoms with Crippen molar-refractivity contribution in [2.45, 2.75) is 0 Å². The van der Waals surface area contributed by atoms with E-state index in [4.69, 9.17) is 16.0 Å². The molecule has 0 aliphatic heterocycles. The molecule has 0 unspecified atom stereocenters. The molecule has 5 rings (SSSR count). The second kappa shape index (κ2) is 4.00. The molecule has 0 aliphatic carbocycles. The SMILES string of the molecule is Clc1cccc2c1sc1ccc3oc4ccccc4c3c12. The maximum absolute atomic E-state index is 6.36. The van der Waals surface area contributed by atoms with Crippen LogP contribution in [0.25, 0.3) is 42.1 Å². The predicted octanol–water partition coefficient (Wildman–Crippen LogP) is 6.61.